The monoisotopic (exact) mass is 418 g/mol. The molecule has 0 bridgehead atoms. The van der Waals surface area contributed by atoms with Crippen LogP contribution in [0.4, 0.5) is 11.5 Å². The largest absolute Gasteiger partial charge is 0.493 e. The Hall–Kier alpha value is -3.32. The molecule has 7 heteroatoms. The lowest BCUT2D eigenvalue weighted by Gasteiger charge is -2.29. The summed E-state index contributed by atoms with van der Waals surface area (Å²) in [6.45, 7) is 4.21. The fourth-order valence-electron chi connectivity index (χ4n) is 4.24. The van der Waals surface area contributed by atoms with Crippen LogP contribution in [-0.4, -0.2) is 36.3 Å². The van der Waals surface area contributed by atoms with Gasteiger partial charge in [0.25, 0.3) is 0 Å². The molecular weight excluding hydrogens is 392 g/mol. The van der Waals surface area contributed by atoms with E-state index in [2.05, 4.69) is 27.5 Å². The molecule has 2 aromatic heterocycles. The summed E-state index contributed by atoms with van der Waals surface area (Å²) in [6, 6.07) is 11.8. The van der Waals surface area contributed by atoms with Gasteiger partial charge >= 0.3 is 0 Å². The van der Waals surface area contributed by atoms with Crippen LogP contribution in [0, 0.1) is 5.92 Å². The van der Waals surface area contributed by atoms with E-state index < -0.39 is 0 Å². The lowest BCUT2D eigenvalue weighted by atomic mass is 9.93. The molecular formula is C24H26N4O3. The van der Waals surface area contributed by atoms with Crippen LogP contribution in [-0.2, 0) is 0 Å². The van der Waals surface area contributed by atoms with E-state index in [4.69, 9.17) is 13.9 Å². The van der Waals surface area contributed by atoms with Crippen molar-refractivity contribution in [3.63, 3.8) is 0 Å². The lowest BCUT2D eigenvalue weighted by molar-refractivity contribution is 0.124. The highest BCUT2D eigenvalue weighted by molar-refractivity contribution is 5.97. The fraction of sp³-hybridized carbons (Fsp3) is 0.333. The minimum absolute atomic E-state index is 0.101. The van der Waals surface area contributed by atoms with Crippen molar-refractivity contribution in [3.05, 3.63) is 49.0 Å². The Bertz CT molecular complexity index is 1200. The molecule has 1 atom stereocenters. The topological polar surface area (TPSA) is 81.4 Å². The second-order valence-electron chi connectivity index (χ2n) is 7.92. The van der Waals surface area contributed by atoms with Gasteiger partial charge in [-0.25, -0.2) is 9.97 Å². The number of nitrogens with zero attached hydrogens (tertiary/aromatic N) is 2. The molecule has 7 nitrogen and oxygen atoms in total. The molecule has 5 rings (SSSR count). The smallest absolute Gasteiger partial charge is 0.163 e. The summed E-state index contributed by atoms with van der Waals surface area (Å²) in [4.78, 5) is 8.94. The van der Waals surface area contributed by atoms with Gasteiger partial charge < -0.3 is 24.5 Å². The highest BCUT2D eigenvalue weighted by Gasteiger charge is 2.23. The van der Waals surface area contributed by atoms with Crippen LogP contribution >= 0.6 is 0 Å². The van der Waals surface area contributed by atoms with E-state index in [1.807, 2.05) is 36.4 Å². The van der Waals surface area contributed by atoms with Gasteiger partial charge in [-0.15, -0.1) is 0 Å². The van der Waals surface area contributed by atoms with E-state index in [0.717, 1.165) is 53.5 Å². The maximum absolute atomic E-state index is 6.34. The van der Waals surface area contributed by atoms with Crippen molar-refractivity contribution < 1.29 is 13.9 Å². The maximum atomic E-state index is 6.34. The van der Waals surface area contributed by atoms with Crippen molar-refractivity contribution in [1.82, 2.24) is 15.3 Å². The van der Waals surface area contributed by atoms with Crippen LogP contribution in [0.1, 0.15) is 19.8 Å². The van der Waals surface area contributed by atoms with Crippen LogP contribution in [0.25, 0.3) is 21.9 Å². The van der Waals surface area contributed by atoms with Crippen LogP contribution in [0.3, 0.4) is 0 Å². The number of fused-ring (bicyclic) bond motifs is 2. The Morgan fingerprint density at radius 1 is 1.13 bits per heavy atom. The first kappa shape index (κ1) is 19.6. The number of anilines is 2. The van der Waals surface area contributed by atoms with Crippen molar-refractivity contribution in [2.24, 2.45) is 5.92 Å². The summed E-state index contributed by atoms with van der Waals surface area (Å²) in [7, 11) is 1.66. The SMILES string of the molecule is COc1cc2c(Nc3cccc4ccoc34)ncnc2cc1OC(C)C1CCNCC1. The Morgan fingerprint density at radius 3 is 2.84 bits per heavy atom. The molecule has 4 aromatic rings. The van der Waals surface area contributed by atoms with Crippen molar-refractivity contribution in [3.8, 4) is 11.5 Å². The number of furan rings is 1. The number of benzene rings is 2. The van der Waals surface area contributed by atoms with Gasteiger partial charge in [0.2, 0.25) is 0 Å². The molecule has 1 saturated heterocycles. The molecule has 31 heavy (non-hydrogen) atoms. The second kappa shape index (κ2) is 8.43. The molecule has 2 aromatic carbocycles. The molecule has 0 spiro atoms. The summed E-state index contributed by atoms with van der Waals surface area (Å²) in [6.07, 6.45) is 5.57. The first-order valence-electron chi connectivity index (χ1n) is 10.7. The molecule has 1 aliphatic rings. The average Bonchev–Trinajstić information content (AvgIpc) is 3.29. The van der Waals surface area contributed by atoms with E-state index in [-0.39, 0.29) is 6.10 Å². The Kier molecular flexibility index (Phi) is 5.34. The molecule has 160 valence electrons. The molecule has 0 amide bonds. The molecule has 3 heterocycles. The lowest BCUT2D eigenvalue weighted by Crippen LogP contribution is -2.35. The number of hydrogen-bond acceptors (Lipinski definition) is 7. The zero-order chi connectivity index (χ0) is 21.2. The molecule has 0 aliphatic carbocycles. The predicted molar refractivity (Wildman–Crippen MR) is 121 cm³/mol. The highest BCUT2D eigenvalue weighted by atomic mass is 16.5. The van der Waals surface area contributed by atoms with E-state index >= 15 is 0 Å². The molecule has 1 aliphatic heterocycles. The zero-order valence-corrected chi connectivity index (χ0v) is 17.7. The van der Waals surface area contributed by atoms with E-state index in [1.54, 1.807) is 19.7 Å². The quantitative estimate of drug-likeness (QED) is 0.461. The Morgan fingerprint density at radius 2 is 2.00 bits per heavy atom. The van der Waals surface area contributed by atoms with E-state index in [1.165, 1.54) is 0 Å². The number of methoxy groups -OCH3 is 1. The molecule has 0 saturated carbocycles. The third-order valence-electron chi connectivity index (χ3n) is 6.01. The molecule has 2 N–H and O–H groups in total. The number of para-hydroxylation sites is 1. The standard InChI is InChI=1S/C24H26N4O3/c1-15(16-6-9-25-10-7-16)31-22-13-20-18(12-21(22)29-2)24(27-14-26-20)28-19-5-3-4-17-8-11-30-23(17)19/h3-5,8,11-16,25H,6-7,9-10H2,1-2H3,(H,26,27,28). The zero-order valence-electron chi connectivity index (χ0n) is 17.7. The van der Waals surface area contributed by atoms with Gasteiger partial charge in [0.15, 0.2) is 17.1 Å². The number of aromatic nitrogens is 2. The second-order valence-corrected chi connectivity index (χ2v) is 7.92. The minimum Gasteiger partial charge on any atom is -0.493 e. The number of rotatable bonds is 6. The summed E-state index contributed by atoms with van der Waals surface area (Å²) in [5.74, 6) is 2.59. The van der Waals surface area contributed by atoms with Crippen molar-refractivity contribution in [2.45, 2.75) is 25.9 Å². The number of ether oxygens (including phenoxy) is 2. The number of hydrogen-bond donors (Lipinski definition) is 2. The van der Waals surface area contributed by atoms with E-state index in [9.17, 15) is 0 Å². The fourth-order valence-corrected chi connectivity index (χ4v) is 4.24. The van der Waals surface area contributed by atoms with Crippen LogP contribution in [0.15, 0.2) is 53.4 Å². The number of piperidine rings is 1. The van der Waals surface area contributed by atoms with E-state index in [0.29, 0.717) is 23.2 Å². The average molecular weight is 418 g/mol. The number of nitrogens with one attached hydrogen (secondary N) is 2. The van der Waals surface area contributed by atoms with Crippen molar-refractivity contribution in [1.29, 1.82) is 0 Å². The highest BCUT2D eigenvalue weighted by Crippen LogP contribution is 2.37. The van der Waals surface area contributed by atoms with Gasteiger partial charge in [0, 0.05) is 16.8 Å². The minimum atomic E-state index is 0.101. The van der Waals surface area contributed by atoms with Crippen LogP contribution in [0.5, 0.6) is 11.5 Å². The Labute approximate surface area is 180 Å². The summed E-state index contributed by atoms with van der Waals surface area (Å²) in [5, 5.41) is 8.68. The normalized spacial score (nSPS) is 15.8. The van der Waals surface area contributed by atoms with Gasteiger partial charge in [0.05, 0.1) is 30.7 Å². The van der Waals surface area contributed by atoms with Crippen LogP contribution < -0.4 is 20.1 Å². The van der Waals surface area contributed by atoms with Crippen LogP contribution in [0.2, 0.25) is 0 Å². The van der Waals surface area contributed by atoms with Crippen molar-refractivity contribution in [2.75, 3.05) is 25.5 Å². The van der Waals surface area contributed by atoms with Gasteiger partial charge in [-0.05, 0) is 57.0 Å². The summed E-state index contributed by atoms with van der Waals surface area (Å²) >= 11 is 0. The predicted octanol–water partition coefficient (Wildman–Crippen LogP) is 4.90. The molecule has 1 unspecified atom stereocenters. The van der Waals surface area contributed by atoms with Gasteiger partial charge in [-0.3, -0.25) is 0 Å². The summed E-state index contributed by atoms with van der Waals surface area (Å²) < 4.78 is 17.6. The maximum Gasteiger partial charge on any atom is 0.163 e. The molecule has 0 radical (unpaired) electrons. The first-order valence-corrected chi connectivity index (χ1v) is 10.7. The molecule has 1 fully saturated rings. The Balaban J connectivity index is 1.48. The van der Waals surface area contributed by atoms with Gasteiger partial charge in [-0.1, -0.05) is 12.1 Å². The first-order chi connectivity index (χ1) is 15.2. The third kappa shape index (κ3) is 3.88. The van der Waals surface area contributed by atoms with Crippen molar-refractivity contribution >= 4 is 33.4 Å². The van der Waals surface area contributed by atoms with Gasteiger partial charge in [-0.2, -0.15) is 0 Å². The summed E-state index contributed by atoms with van der Waals surface area (Å²) in [5.41, 5.74) is 2.43. The van der Waals surface area contributed by atoms with Gasteiger partial charge in [0.1, 0.15) is 12.1 Å². The third-order valence-corrected chi connectivity index (χ3v) is 6.01.